The quantitative estimate of drug-likeness (QED) is 0.395. The van der Waals surface area contributed by atoms with Crippen molar-refractivity contribution in [3.05, 3.63) is 11.6 Å². The fraction of sp³-hybridized carbons (Fsp3) is 0.800. The van der Waals surface area contributed by atoms with Gasteiger partial charge in [-0.2, -0.15) is 0 Å². The lowest BCUT2D eigenvalue weighted by atomic mass is 9.36. The number of rotatable bonds is 5. The van der Waals surface area contributed by atoms with Gasteiger partial charge in [-0.15, -0.1) is 0 Å². The number of hydrogen-bond donors (Lipinski definition) is 4. The second-order valence-corrected chi connectivity index (χ2v) is 14.0. The first-order valence-corrected chi connectivity index (χ1v) is 13.9. The van der Waals surface area contributed by atoms with Crippen molar-refractivity contribution in [3.8, 4) is 0 Å². The molecule has 3 unspecified atom stereocenters. The number of ketones is 3. The summed E-state index contributed by atoms with van der Waals surface area (Å²) in [4.78, 5) is 53.3. The maximum absolute atomic E-state index is 14.2. The van der Waals surface area contributed by atoms with Crippen LogP contribution >= 0.6 is 0 Å². The molecule has 0 spiro atoms. The van der Waals surface area contributed by atoms with Crippen LogP contribution in [0, 0.1) is 51.2 Å². The Labute approximate surface area is 224 Å². The highest BCUT2D eigenvalue weighted by Crippen LogP contribution is 2.72. The molecule has 4 fully saturated rings. The molecule has 38 heavy (non-hydrogen) atoms. The second-order valence-electron chi connectivity index (χ2n) is 14.0. The zero-order chi connectivity index (χ0) is 28.7. The van der Waals surface area contributed by atoms with E-state index in [0.717, 1.165) is 0 Å². The predicted octanol–water partition coefficient (Wildman–Crippen LogP) is 2.96. The fourth-order valence-corrected chi connectivity index (χ4v) is 9.52. The van der Waals surface area contributed by atoms with Crippen molar-refractivity contribution in [1.82, 2.24) is 0 Å². The molecule has 212 valence electrons. The zero-order valence-electron chi connectivity index (χ0n) is 23.7. The molecule has 0 aromatic heterocycles. The van der Waals surface area contributed by atoms with Gasteiger partial charge in [0.1, 0.15) is 17.7 Å². The minimum atomic E-state index is -1.46. The van der Waals surface area contributed by atoms with Crippen molar-refractivity contribution in [2.75, 3.05) is 0 Å². The Morgan fingerprint density at radius 3 is 2.24 bits per heavy atom. The summed E-state index contributed by atoms with van der Waals surface area (Å²) in [6.45, 7) is 12.6. The number of aliphatic hydroxyl groups is 3. The minimum Gasteiger partial charge on any atom is -0.478 e. The Kier molecular flexibility index (Phi) is 6.94. The molecular weight excluding hydrogens is 488 g/mol. The molecule has 4 aliphatic carbocycles. The number of aliphatic carboxylic acids is 1. The van der Waals surface area contributed by atoms with Gasteiger partial charge in [0.15, 0.2) is 5.78 Å². The van der Waals surface area contributed by atoms with Crippen molar-refractivity contribution in [3.63, 3.8) is 0 Å². The molecule has 0 amide bonds. The van der Waals surface area contributed by atoms with Gasteiger partial charge < -0.3 is 20.4 Å². The van der Waals surface area contributed by atoms with E-state index in [0.29, 0.717) is 12.8 Å². The number of carbonyl (C=O) groups excluding carboxylic acids is 3. The summed E-state index contributed by atoms with van der Waals surface area (Å²) in [6, 6.07) is 0. The van der Waals surface area contributed by atoms with E-state index in [4.69, 9.17) is 5.11 Å². The van der Waals surface area contributed by atoms with Gasteiger partial charge in [0.05, 0.1) is 12.2 Å². The van der Waals surface area contributed by atoms with E-state index in [9.17, 15) is 34.5 Å². The molecule has 8 heteroatoms. The standard InChI is InChI=1S/C30H44O8/c1-14(10-16(31)11-15(2)26(37)38)17-12-21(34)30(7)22-18(32)13-19-27(3,4)20(33)8-9-28(19,5)23(22)24(35)25(36)29(17,30)6/h11,14,16-17,19-20,22-23,25,31,33,36H,8-10,12-13H2,1-7H3,(H,37,38)/b15-11+/t14-,16?,17-,19+,20?,22-,23-,25?,28+,29+,30+/m1/s1. The van der Waals surface area contributed by atoms with Crippen molar-refractivity contribution < 1.29 is 39.6 Å². The van der Waals surface area contributed by atoms with Crippen LogP contribution in [0.5, 0.6) is 0 Å². The van der Waals surface area contributed by atoms with Crippen LogP contribution < -0.4 is 0 Å². The molecule has 0 aromatic carbocycles. The summed E-state index contributed by atoms with van der Waals surface area (Å²) in [5, 5.41) is 42.2. The van der Waals surface area contributed by atoms with Gasteiger partial charge in [0.2, 0.25) is 0 Å². The van der Waals surface area contributed by atoms with Crippen LogP contribution in [0.3, 0.4) is 0 Å². The number of carbonyl (C=O) groups is 4. The molecule has 0 aliphatic heterocycles. The average molecular weight is 533 g/mol. The van der Waals surface area contributed by atoms with Crippen molar-refractivity contribution in [2.45, 2.75) is 98.9 Å². The molecule has 0 aromatic rings. The predicted molar refractivity (Wildman–Crippen MR) is 139 cm³/mol. The topological polar surface area (TPSA) is 149 Å². The van der Waals surface area contributed by atoms with Crippen LogP contribution in [0.2, 0.25) is 0 Å². The maximum atomic E-state index is 14.2. The maximum Gasteiger partial charge on any atom is 0.331 e. The Hall–Kier alpha value is -1.90. The van der Waals surface area contributed by atoms with E-state index in [1.807, 2.05) is 27.7 Å². The molecule has 0 saturated heterocycles. The third kappa shape index (κ3) is 3.66. The lowest BCUT2D eigenvalue weighted by Gasteiger charge is -2.65. The van der Waals surface area contributed by atoms with Gasteiger partial charge in [-0.25, -0.2) is 4.79 Å². The molecule has 8 nitrogen and oxygen atoms in total. The van der Waals surface area contributed by atoms with Gasteiger partial charge >= 0.3 is 5.97 Å². The highest BCUT2D eigenvalue weighted by Gasteiger charge is 2.77. The number of carboxylic acids is 1. The lowest BCUT2D eigenvalue weighted by Crippen LogP contribution is -2.71. The van der Waals surface area contributed by atoms with Crippen molar-refractivity contribution >= 4 is 23.3 Å². The van der Waals surface area contributed by atoms with Crippen LogP contribution in [-0.2, 0) is 19.2 Å². The van der Waals surface area contributed by atoms with Gasteiger partial charge in [-0.05, 0) is 60.8 Å². The van der Waals surface area contributed by atoms with Crippen molar-refractivity contribution in [2.24, 2.45) is 51.2 Å². The average Bonchev–Trinajstić information content (AvgIpc) is 3.03. The Morgan fingerprint density at radius 1 is 1.05 bits per heavy atom. The van der Waals surface area contributed by atoms with E-state index < -0.39 is 69.5 Å². The molecule has 4 rings (SSSR count). The third-order valence-electron chi connectivity index (χ3n) is 12.0. The Morgan fingerprint density at radius 2 is 1.66 bits per heavy atom. The third-order valence-corrected chi connectivity index (χ3v) is 12.0. The Balaban J connectivity index is 1.76. The van der Waals surface area contributed by atoms with E-state index in [-0.39, 0.29) is 48.2 Å². The normalized spacial score (nSPS) is 46.2. The number of aliphatic hydroxyl groups excluding tert-OH is 3. The Bertz CT molecular complexity index is 1090. The van der Waals surface area contributed by atoms with E-state index in [2.05, 4.69) is 0 Å². The highest BCUT2D eigenvalue weighted by atomic mass is 16.4. The number of hydrogen-bond acceptors (Lipinski definition) is 7. The molecule has 4 aliphatic rings. The summed E-state index contributed by atoms with van der Waals surface area (Å²) in [7, 11) is 0. The smallest absolute Gasteiger partial charge is 0.331 e. The molecule has 4 N–H and O–H groups in total. The van der Waals surface area contributed by atoms with Crippen LogP contribution in [-0.4, -0.2) is 62.1 Å². The van der Waals surface area contributed by atoms with Gasteiger partial charge in [0.25, 0.3) is 0 Å². The summed E-state index contributed by atoms with van der Waals surface area (Å²) >= 11 is 0. The monoisotopic (exact) mass is 532 g/mol. The summed E-state index contributed by atoms with van der Waals surface area (Å²) in [5.74, 6) is -4.52. The van der Waals surface area contributed by atoms with E-state index >= 15 is 0 Å². The van der Waals surface area contributed by atoms with Gasteiger partial charge in [-0.1, -0.05) is 41.5 Å². The summed E-state index contributed by atoms with van der Waals surface area (Å²) in [5.41, 5.74) is -3.68. The number of Topliss-reactive ketones (excluding diaryl/α,β-unsaturated/α-hetero) is 3. The largest absolute Gasteiger partial charge is 0.478 e. The van der Waals surface area contributed by atoms with Crippen LogP contribution in [0.1, 0.15) is 80.6 Å². The molecule has 0 bridgehead atoms. The second kappa shape index (κ2) is 9.07. The number of fused-ring (bicyclic) bond motifs is 5. The number of carboxylic acid groups (broad SMARTS) is 1. The van der Waals surface area contributed by atoms with E-state index in [1.165, 1.54) is 13.0 Å². The molecule has 0 radical (unpaired) electrons. The van der Waals surface area contributed by atoms with Crippen LogP contribution in [0.4, 0.5) is 0 Å². The van der Waals surface area contributed by atoms with Crippen LogP contribution in [0.15, 0.2) is 11.6 Å². The SMILES string of the molecule is C/C(=C\C(O)C[C@@H](C)[C@H]1CC(=O)[C@@]2(C)[C@@H]3C(=O)C[C@H]4C(C)(C)C(O)CC[C@]4(C)[C@H]3C(=O)C(O)[C@]12C)C(=O)O. The summed E-state index contributed by atoms with van der Waals surface area (Å²) in [6.07, 6.45) is -0.416. The summed E-state index contributed by atoms with van der Waals surface area (Å²) < 4.78 is 0. The van der Waals surface area contributed by atoms with Crippen LogP contribution in [0.25, 0.3) is 0 Å². The van der Waals surface area contributed by atoms with Gasteiger partial charge in [-0.3, -0.25) is 14.4 Å². The first-order chi connectivity index (χ1) is 17.4. The van der Waals surface area contributed by atoms with E-state index in [1.54, 1.807) is 13.8 Å². The van der Waals surface area contributed by atoms with Crippen molar-refractivity contribution in [1.29, 1.82) is 0 Å². The molecule has 4 saturated carbocycles. The fourth-order valence-electron chi connectivity index (χ4n) is 9.52. The zero-order valence-corrected chi connectivity index (χ0v) is 23.7. The lowest BCUT2D eigenvalue weighted by molar-refractivity contribution is -0.217. The molecule has 11 atom stereocenters. The highest BCUT2D eigenvalue weighted by molar-refractivity contribution is 6.04. The minimum absolute atomic E-state index is 0.00935. The first kappa shape index (κ1) is 29.1. The first-order valence-electron chi connectivity index (χ1n) is 13.9. The van der Waals surface area contributed by atoms with Gasteiger partial charge in [0, 0.05) is 41.1 Å². The molecular formula is C30H44O8. The molecule has 0 heterocycles.